The molecule has 0 aliphatic heterocycles. The number of benzene rings is 2. The predicted molar refractivity (Wildman–Crippen MR) is 96.9 cm³/mol. The topological polar surface area (TPSA) is 98.5 Å². The van der Waals surface area contributed by atoms with Crippen molar-refractivity contribution in [2.75, 3.05) is 19.0 Å². The highest BCUT2D eigenvalue weighted by Gasteiger charge is 2.18. The number of hydrogen-bond acceptors (Lipinski definition) is 5. The van der Waals surface area contributed by atoms with Crippen LogP contribution < -0.4 is 11.1 Å². The molecule has 0 saturated carbocycles. The van der Waals surface area contributed by atoms with Crippen LogP contribution in [0.1, 0.15) is 12.0 Å². The van der Waals surface area contributed by atoms with Crippen molar-refractivity contribution in [3.63, 3.8) is 0 Å². The number of carbonyl (C=O) groups is 1. The average Bonchev–Trinajstić information content (AvgIpc) is 2.62. The summed E-state index contributed by atoms with van der Waals surface area (Å²) in [6.07, 6.45) is -0.271. The first-order valence-electron chi connectivity index (χ1n) is 7.84. The summed E-state index contributed by atoms with van der Waals surface area (Å²) in [7, 11) is -2.01. The fourth-order valence-electron chi connectivity index (χ4n) is 2.35. The monoisotopic (exact) mass is 362 g/mol. The van der Waals surface area contributed by atoms with Crippen LogP contribution in [0.3, 0.4) is 0 Å². The highest BCUT2D eigenvalue weighted by Crippen LogP contribution is 2.22. The molecule has 1 unspecified atom stereocenters. The summed E-state index contributed by atoms with van der Waals surface area (Å²) in [5.41, 5.74) is 6.52. The molecule has 6 nitrogen and oxygen atoms in total. The van der Waals surface area contributed by atoms with Crippen molar-refractivity contribution in [2.24, 2.45) is 5.73 Å². The van der Waals surface area contributed by atoms with Gasteiger partial charge in [0.1, 0.15) is 0 Å². The standard InChI is InChI=1S/C18H22N2O4S/c1-24-15(12-19)11-18(21)20-17-10-6-5-7-14(17)13-25(22,23)16-8-3-2-4-9-16/h2-10,15H,11-13,19H2,1H3,(H,20,21). The minimum Gasteiger partial charge on any atom is -0.380 e. The number of nitrogens with one attached hydrogen (secondary N) is 1. The Balaban J connectivity index is 2.17. The van der Waals surface area contributed by atoms with E-state index in [0.717, 1.165) is 0 Å². The van der Waals surface area contributed by atoms with E-state index in [4.69, 9.17) is 10.5 Å². The van der Waals surface area contributed by atoms with E-state index >= 15 is 0 Å². The number of carbonyl (C=O) groups excluding carboxylic acids is 1. The van der Waals surface area contributed by atoms with Gasteiger partial charge in [-0.05, 0) is 23.8 Å². The minimum absolute atomic E-state index is 0.104. The van der Waals surface area contributed by atoms with E-state index in [2.05, 4.69) is 5.32 Å². The molecule has 1 amide bonds. The number of rotatable bonds is 8. The lowest BCUT2D eigenvalue weighted by Gasteiger charge is -2.15. The molecule has 0 saturated heterocycles. The molecule has 2 rings (SSSR count). The van der Waals surface area contributed by atoms with Gasteiger partial charge in [-0.2, -0.15) is 0 Å². The maximum absolute atomic E-state index is 12.6. The third-order valence-electron chi connectivity index (χ3n) is 3.75. The Kier molecular flexibility index (Phi) is 6.69. The number of methoxy groups -OCH3 is 1. The summed E-state index contributed by atoms with van der Waals surface area (Å²) in [6, 6.07) is 15.1. The second-order valence-electron chi connectivity index (χ2n) is 5.57. The molecular formula is C18H22N2O4S. The normalized spacial score (nSPS) is 12.6. The average molecular weight is 362 g/mol. The first-order valence-corrected chi connectivity index (χ1v) is 9.50. The van der Waals surface area contributed by atoms with Gasteiger partial charge in [0.05, 0.1) is 23.2 Å². The van der Waals surface area contributed by atoms with Gasteiger partial charge in [0, 0.05) is 19.3 Å². The van der Waals surface area contributed by atoms with Gasteiger partial charge in [0.25, 0.3) is 0 Å². The summed E-state index contributed by atoms with van der Waals surface area (Å²) in [5, 5.41) is 2.74. The van der Waals surface area contributed by atoms with Crippen molar-refractivity contribution in [1.29, 1.82) is 0 Å². The largest absolute Gasteiger partial charge is 0.380 e. The maximum Gasteiger partial charge on any atom is 0.227 e. The van der Waals surface area contributed by atoms with Crippen molar-refractivity contribution in [3.05, 3.63) is 60.2 Å². The lowest BCUT2D eigenvalue weighted by atomic mass is 10.2. The van der Waals surface area contributed by atoms with Crippen LogP contribution in [-0.4, -0.2) is 34.1 Å². The van der Waals surface area contributed by atoms with Crippen molar-refractivity contribution in [2.45, 2.75) is 23.2 Å². The molecule has 2 aromatic carbocycles. The van der Waals surface area contributed by atoms with E-state index in [1.165, 1.54) is 7.11 Å². The second kappa shape index (κ2) is 8.75. The molecule has 134 valence electrons. The van der Waals surface area contributed by atoms with E-state index in [0.29, 0.717) is 11.3 Å². The lowest BCUT2D eigenvalue weighted by molar-refractivity contribution is -0.118. The molecule has 7 heteroatoms. The molecule has 3 N–H and O–H groups in total. The van der Waals surface area contributed by atoms with Crippen LogP contribution in [0.4, 0.5) is 5.69 Å². The Morgan fingerprint density at radius 2 is 1.76 bits per heavy atom. The molecule has 0 bridgehead atoms. The second-order valence-corrected chi connectivity index (χ2v) is 7.56. The zero-order valence-electron chi connectivity index (χ0n) is 14.0. The Bertz CT molecular complexity index is 803. The van der Waals surface area contributed by atoms with Crippen LogP contribution in [0.25, 0.3) is 0 Å². The Morgan fingerprint density at radius 1 is 1.12 bits per heavy atom. The van der Waals surface area contributed by atoms with Gasteiger partial charge in [-0.1, -0.05) is 36.4 Å². The van der Waals surface area contributed by atoms with Crippen LogP contribution >= 0.6 is 0 Å². The van der Waals surface area contributed by atoms with Crippen LogP contribution in [0.2, 0.25) is 0 Å². The fraction of sp³-hybridized carbons (Fsp3) is 0.278. The van der Waals surface area contributed by atoms with Gasteiger partial charge in [0.15, 0.2) is 9.84 Å². The van der Waals surface area contributed by atoms with Crippen LogP contribution in [0.5, 0.6) is 0 Å². The zero-order chi connectivity index (χ0) is 18.3. The lowest BCUT2D eigenvalue weighted by Crippen LogP contribution is -2.28. The van der Waals surface area contributed by atoms with Crippen molar-refractivity contribution >= 4 is 21.4 Å². The van der Waals surface area contributed by atoms with Crippen molar-refractivity contribution in [1.82, 2.24) is 0 Å². The first kappa shape index (κ1) is 19.1. The number of hydrogen-bond donors (Lipinski definition) is 2. The molecule has 0 radical (unpaired) electrons. The number of anilines is 1. The molecule has 0 aliphatic rings. The van der Waals surface area contributed by atoms with Gasteiger partial charge < -0.3 is 15.8 Å². The van der Waals surface area contributed by atoms with Crippen LogP contribution in [0.15, 0.2) is 59.5 Å². The molecule has 25 heavy (non-hydrogen) atoms. The Labute approximate surface area is 147 Å². The maximum atomic E-state index is 12.6. The number of nitrogens with two attached hydrogens (primary N) is 1. The van der Waals surface area contributed by atoms with Gasteiger partial charge in [-0.25, -0.2) is 8.42 Å². The summed E-state index contributed by atoms with van der Waals surface area (Å²) < 4.78 is 30.2. The van der Waals surface area contributed by atoms with E-state index in [1.807, 2.05) is 0 Å². The first-order chi connectivity index (χ1) is 12.0. The molecule has 0 aliphatic carbocycles. The molecule has 0 aromatic heterocycles. The van der Waals surface area contributed by atoms with Gasteiger partial charge >= 0.3 is 0 Å². The summed E-state index contributed by atoms with van der Waals surface area (Å²) in [6.45, 7) is 0.230. The third kappa shape index (κ3) is 5.38. The molecule has 1 atom stereocenters. The predicted octanol–water partition coefficient (Wildman–Crippen LogP) is 1.96. The van der Waals surface area contributed by atoms with E-state index in [-0.39, 0.29) is 35.6 Å². The Morgan fingerprint density at radius 3 is 2.40 bits per heavy atom. The minimum atomic E-state index is -3.50. The SMILES string of the molecule is COC(CN)CC(=O)Nc1ccccc1CS(=O)(=O)c1ccccc1. The van der Waals surface area contributed by atoms with Gasteiger partial charge in [-0.3, -0.25) is 4.79 Å². The molecule has 0 heterocycles. The number of ether oxygens (including phenoxy) is 1. The molecule has 0 spiro atoms. The number of sulfone groups is 1. The highest BCUT2D eigenvalue weighted by molar-refractivity contribution is 7.90. The van der Waals surface area contributed by atoms with Crippen LogP contribution in [-0.2, 0) is 25.1 Å². The van der Waals surface area contributed by atoms with Crippen molar-refractivity contribution in [3.8, 4) is 0 Å². The third-order valence-corrected chi connectivity index (χ3v) is 5.43. The zero-order valence-corrected chi connectivity index (χ0v) is 14.8. The summed E-state index contributed by atoms with van der Waals surface area (Å²) in [4.78, 5) is 12.4. The summed E-state index contributed by atoms with van der Waals surface area (Å²) >= 11 is 0. The van der Waals surface area contributed by atoms with E-state index in [1.54, 1.807) is 54.6 Å². The quantitative estimate of drug-likeness (QED) is 0.748. The molecule has 0 fully saturated rings. The molecular weight excluding hydrogens is 340 g/mol. The molecule has 2 aromatic rings. The fourth-order valence-corrected chi connectivity index (χ4v) is 3.75. The highest BCUT2D eigenvalue weighted by atomic mass is 32.2. The van der Waals surface area contributed by atoms with Gasteiger partial charge in [-0.15, -0.1) is 0 Å². The van der Waals surface area contributed by atoms with E-state index in [9.17, 15) is 13.2 Å². The Hall–Kier alpha value is -2.22. The summed E-state index contributed by atoms with van der Waals surface area (Å²) in [5.74, 6) is -0.472. The van der Waals surface area contributed by atoms with Crippen molar-refractivity contribution < 1.29 is 17.9 Å². The van der Waals surface area contributed by atoms with Crippen LogP contribution in [0, 0.1) is 0 Å². The number of para-hydroxylation sites is 1. The van der Waals surface area contributed by atoms with E-state index < -0.39 is 9.84 Å². The number of amides is 1. The van der Waals surface area contributed by atoms with Gasteiger partial charge in [0.2, 0.25) is 5.91 Å². The smallest absolute Gasteiger partial charge is 0.227 e.